The number of ether oxygens (including phenoxy) is 3. The van der Waals surface area contributed by atoms with Crippen molar-refractivity contribution >= 4 is 57.0 Å². The van der Waals surface area contributed by atoms with Crippen molar-refractivity contribution in [1.29, 1.82) is 0 Å². The second-order valence-electron chi connectivity index (χ2n) is 26.6. The number of hydrogen-bond donors (Lipinski definition) is 2. The van der Waals surface area contributed by atoms with E-state index in [0.717, 1.165) is 118 Å². The summed E-state index contributed by atoms with van der Waals surface area (Å²) >= 11 is 3.20. The fourth-order valence-corrected chi connectivity index (χ4v) is 14.2. The molecule has 1 spiro atoms. The highest BCUT2D eigenvalue weighted by molar-refractivity contribution is 9.10. The van der Waals surface area contributed by atoms with Gasteiger partial charge in [0.2, 0.25) is 11.8 Å². The number of carbonyl (C=O) groups is 5. The fourth-order valence-electron chi connectivity index (χ4n) is 13.9. The van der Waals surface area contributed by atoms with Gasteiger partial charge in [-0.05, 0) is 176 Å². The summed E-state index contributed by atoms with van der Waals surface area (Å²) in [6.45, 7) is 9.08. The van der Waals surface area contributed by atoms with Gasteiger partial charge in [-0.25, -0.2) is 9.18 Å². The molecule has 2 atom stereocenters. The van der Waals surface area contributed by atoms with Crippen molar-refractivity contribution in [3.05, 3.63) is 189 Å². The van der Waals surface area contributed by atoms with Gasteiger partial charge in [-0.1, -0.05) is 92.2 Å². The molecule has 0 radical (unpaired) electrons. The third kappa shape index (κ3) is 20.0. The number of anilines is 2. The minimum atomic E-state index is -5.09. The molecule has 3 fully saturated rings. The Bertz CT molecular complexity index is 3710. The number of benzene rings is 6. The highest BCUT2D eigenvalue weighted by Crippen LogP contribution is 2.50. The van der Waals surface area contributed by atoms with Crippen molar-refractivity contribution in [3.8, 4) is 11.1 Å². The largest absolute Gasteiger partial charge is 0.446 e. The lowest BCUT2D eigenvalue weighted by Crippen LogP contribution is -2.46. The number of methoxy groups -OCH3 is 1. The van der Waals surface area contributed by atoms with E-state index in [4.69, 9.17) is 14.2 Å². The van der Waals surface area contributed by atoms with Gasteiger partial charge in [0.1, 0.15) is 30.9 Å². The maximum absolute atomic E-state index is 14.2. The van der Waals surface area contributed by atoms with E-state index in [-0.39, 0.29) is 59.7 Å². The second kappa shape index (κ2) is 34.6. The summed E-state index contributed by atoms with van der Waals surface area (Å²) in [6, 6.07) is 38.9. The Morgan fingerprint density at radius 2 is 1.32 bits per heavy atom. The Morgan fingerprint density at radius 3 is 2.00 bits per heavy atom. The Morgan fingerprint density at radius 1 is 0.680 bits per heavy atom. The van der Waals surface area contributed by atoms with Crippen LogP contribution in [0.4, 0.5) is 46.9 Å². The van der Waals surface area contributed by atoms with Crippen LogP contribution in [0.2, 0.25) is 0 Å². The summed E-state index contributed by atoms with van der Waals surface area (Å²) < 4.78 is 112. The van der Waals surface area contributed by atoms with Crippen molar-refractivity contribution < 1.29 is 68.9 Å². The van der Waals surface area contributed by atoms with E-state index in [9.17, 15) is 54.7 Å². The number of nitrogens with zero attached hydrogens (tertiary/aromatic N) is 6. The normalized spacial score (nSPS) is 17.8. The molecule has 538 valence electrons. The molecule has 3 saturated heterocycles. The van der Waals surface area contributed by atoms with Crippen LogP contribution >= 0.6 is 15.9 Å². The van der Waals surface area contributed by atoms with E-state index in [2.05, 4.69) is 67.6 Å². The smallest absolute Gasteiger partial charge is 0.416 e. The Kier molecular flexibility index (Phi) is 26.4. The molecule has 2 N–H and O–H groups in total. The number of nitrogens with one attached hydrogen (secondary N) is 2. The van der Waals surface area contributed by atoms with E-state index >= 15 is 0 Å². The first-order valence-corrected chi connectivity index (χ1v) is 34.9. The van der Waals surface area contributed by atoms with Gasteiger partial charge in [0.15, 0.2) is 0 Å². The van der Waals surface area contributed by atoms with E-state index < -0.39 is 52.5 Å². The minimum Gasteiger partial charge on any atom is -0.446 e. The summed E-state index contributed by atoms with van der Waals surface area (Å²) in [7, 11) is 6.87. The zero-order valence-electron chi connectivity index (χ0n) is 57.4. The van der Waals surface area contributed by atoms with Gasteiger partial charge in [-0.15, -0.1) is 0 Å². The molecule has 16 nitrogen and oxygen atoms in total. The predicted octanol–water partition coefficient (Wildman–Crippen LogP) is 14.6. The number of rotatable bonds is 25. The number of fused-ring (bicyclic) bond motifs is 2. The lowest BCUT2D eigenvalue weighted by molar-refractivity contribution is -0.143. The number of carbonyl (C=O) groups excluding carboxylic acids is 5. The van der Waals surface area contributed by atoms with Crippen LogP contribution in [0.3, 0.4) is 0 Å². The molecule has 3 aliphatic heterocycles. The molecule has 6 aromatic rings. The first kappa shape index (κ1) is 76.3. The van der Waals surface area contributed by atoms with Crippen LogP contribution in [0.25, 0.3) is 11.1 Å². The molecule has 6 aromatic carbocycles. The van der Waals surface area contributed by atoms with Crippen molar-refractivity contribution in [2.24, 2.45) is 5.92 Å². The number of para-hydroxylation sites is 1. The van der Waals surface area contributed by atoms with Crippen LogP contribution in [-0.2, 0) is 53.6 Å². The van der Waals surface area contributed by atoms with E-state index in [1.165, 1.54) is 36.4 Å². The number of hydrogen-bond acceptors (Lipinski definition) is 11. The summed E-state index contributed by atoms with van der Waals surface area (Å²) in [5.74, 6) is -0.994. The molecule has 3 heterocycles. The van der Waals surface area contributed by atoms with E-state index in [1.807, 2.05) is 90.8 Å². The van der Waals surface area contributed by atoms with Crippen LogP contribution in [0.5, 0.6) is 0 Å². The fraction of sp³-hybridized carbons (Fsp3) is 0.461. The molecule has 10 rings (SSSR count). The molecule has 1 aliphatic carbocycles. The maximum Gasteiger partial charge on any atom is 0.416 e. The number of likely N-dealkylation sites (N-methyl/N-ethyl adjacent to an activating group) is 2. The standard InChI is InChI=1S/C42H58N6O6.C34H32BrF7N2O2/c1-45(40(50)32-53-4)26-13-27-47(3)41(51)34-19-21-35(22-20-34)43-25-12-6-9-18-39(49)46(2)30-31-48-28-23-36(24-29-48)54-42(52)44-38-17-11-10-16-37(38)33-14-7-5-8-15-33;1-21-14-22-4-2-3-5-27(22)31(21)8-11-43(12-9-31)13-10-32(24-6-7-29(36)28(35)18-24)19-44(20-46-32)30(45)23-15-25(33(37,38)39)17-26(16-23)34(40,41)42/h5,7-8,10-11,14-17,19-22,36,43H,6,9,12-13,18,23-32H2,1-4H3,(H,44,52);2-7,15-18,21H,8-14,19-20H2,1H3/t;21-,32-/m.0/s1. The summed E-state index contributed by atoms with van der Waals surface area (Å²) in [4.78, 5) is 74.5. The molecule has 100 heavy (non-hydrogen) atoms. The Labute approximate surface area is 589 Å². The first-order chi connectivity index (χ1) is 47.7. The number of halogens is 8. The first-order valence-electron chi connectivity index (χ1n) is 34.2. The van der Waals surface area contributed by atoms with Crippen molar-refractivity contribution in [2.45, 2.75) is 107 Å². The maximum atomic E-state index is 14.2. The number of unbranched alkanes of at least 4 members (excludes halogenated alkanes) is 2. The van der Waals surface area contributed by atoms with Crippen LogP contribution in [0.15, 0.2) is 144 Å². The zero-order valence-corrected chi connectivity index (χ0v) is 59.0. The Hall–Kier alpha value is -7.90. The average molecular weight is 1460 g/mol. The van der Waals surface area contributed by atoms with Crippen LogP contribution in [-0.4, -0.2) is 179 Å². The third-order valence-electron chi connectivity index (χ3n) is 19.9. The Balaban J connectivity index is 0.000000236. The molecule has 0 saturated carbocycles. The second-order valence-corrected chi connectivity index (χ2v) is 27.5. The van der Waals surface area contributed by atoms with Gasteiger partial charge in [0.05, 0.1) is 27.8 Å². The third-order valence-corrected chi connectivity index (χ3v) is 20.5. The summed E-state index contributed by atoms with van der Waals surface area (Å²) in [5, 5.41) is 6.33. The number of piperidine rings is 2. The van der Waals surface area contributed by atoms with E-state index in [0.29, 0.717) is 74.6 Å². The molecular weight excluding hydrogens is 1370 g/mol. The molecule has 0 aromatic heterocycles. The quantitative estimate of drug-likeness (QED) is 0.0415. The molecular formula is C76H90BrF7N8O8. The van der Waals surface area contributed by atoms with Gasteiger partial charge < -0.3 is 48.9 Å². The minimum absolute atomic E-state index is 0.00867. The van der Waals surface area contributed by atoms with Crippen molar-refractivity contribution in [3.63, 3.8) is 0 Å². The molecule has 5 amide bonds. The highest BCUT2D eigenvalue weighted by atomic mass is 79.9. The van der Waals surface area contributed by atoms with Gasteiger partial charge >= 0.3 is 18.4 Å². The SMILES string of the molecule is COCC(=O)N(C)CCCN(C)C(=O)c1ccc(NCCCCCC(=O)N(C)CCN2CCC(OC(=O)Nc3ccccc3-c3ccccc3)CC2)cc1.C[C@H]1Cc2ccccc2C12CCN(CC[C@@]1(c3ccc(F)c(Br)c3)CN(C(=O)c3cc(C(F)(F)F)cc(C(F)(F)F)c3)CO1)CC2. The molecule has 0 bridgehead atoms. The summed E-state index contributed by atoms with van der Waals surface area (Å²) in [5.41, 5.74) is 2.71. The van der Waals surface area contributed by atoms with Gasteiger partial charge in [-0.3, -0.25) is 24.5 Å². The highest BCUT2D eigenvalue weighted by Gasteiger charge is 2.48. The van der Waals surface area contributed by atoms with Gasteiger partial charge in [0.25, 0.3) is 11.8 Å². The van der Waals surface area contributed by atoms with Crippen LogP contribution in [0.1, 0.15) is 120 Å². The summed E-state index contributed by atoms with van der Waals surface area (Å²) in [6.07, 6.45) is -1.93. The molecule has 0 unspecified atom stereocenters. The van der Waals surface area contributed by atoms with Crippen LogP contribution in [0, 0.1) is 11.7 Å². The lowest BCUT2D eigenvalue weighted by Gasteiger charge is -2.44. The molecule has 4 aliphatic rings. The van der Waals surface area contributed by atoms with Crippen LogP contribution < -0.4 is 10.6 Å². The number of alkyl halides is 6. The zero-order chi connectivity index (χ0) is 71.8. The van der Waals surface area contributed by atoms with E-state index in [1.54, 1.807) is 23.9 Å². The van der Waals surface area contributed by atoms with Gasteiger partial charge in [0, 0.05) is 115 Å². The molecule has 24 heteroatoms. The van der Waals surface area contributed by atoms with Crippen molar-refractivity contribution in [1.82, 2.24) is 29.4 Å². The lowest BCUT2D eigenvalue weighted by atomic mass is 9.68. The monoisotopic (exact) mass is 1450 g/mol. The number of likely N-dealkylation sites (tertiary alicyclic amines) is 2. The van der Waals surface area contributed by atoms with Crippen molar-refractivity contribution in [2.75, 3.05) is 124 Å². The van der Waals surface area contributed by atoms with Gasteiger partial charge in [-0.2, -0.15) is 26.3 Å². The predicted molar refractivity (Wildman–Crippen MR) is 374 cm³/mol. The number of amides is 5. The average Bonchev–Trinajstić information content (AvgIpc) is 1.59. The topological polar surface area (TPSA) is 157 Å².